The van der Waals surface area contributed by atoms with Crippen molar-refractivity contribution in [3.63, 3.8) is 0 Å². The Morgan fingerprint density at radius 3 is 2.71 bits per heavy atom. The maximum atomic E-state index is 11.4. The molecule has 0 spiro atoms. The van der Waals surface area contributed by atoms with Crippen LogP contribution in [0.3, 0.4) is 0 Å². The molecule has 1 aliphatic carbocycles. The van der Waals surface area contributed by atoms with E-state index in [1.165, 1.54) is 13.0 Å². The van der Waals surface area contributed by atoms with Gasteiger partial charge in [-0.1, -0.05) is 0 Å². The molecule has 0 saturated carbocycles. The second-order valence-electron chi connectivity index (χ2n) is 4.46. The molecule has 21 heavy (non-hydrogen) atoms. The molecule has 0 aromatic rings. The summed E-state index contributed by atoms with van der Waals surface area (Å²) < 4.78 is 15.5. The highest BCUT2D eigenvalue weighted by Gasteiger charge is 2.15. The van der Waals surface area contributed by atoms with Gasteiger partial charge in [-0.05, 0) is 43.7 Å². The van der Waals surface area contributed by atoms with Gasteiger partial charge < -0.3 is 13.9 Å². The van der Waals surface area contributed by atoms with E-state index in [-0.39, 0.29) is 5.97 Å². The van der Waals surface area contributed by atoms with E-state index in [9.17, 15) is 9.59 Å². The second-order valence-corrected chi connectivity index (χ2v) is 4.46. The number of fused-ring (bicyclic) bond motifs is 1. The lowest BCUT2D eigenvalue weighted by Crippen LogP contribution is -1.99. The first-order valence-electron chi connectivity index (χ1n) is 6.57. The molecule has 0 unspecified atom stereocenters. The first-order valence-corrected chi connectivity index (χ1v) is 6.57. The van der Waals surface area contributed by atoms with Crippen molar-refractivity contribution in [1.82, 2.24) is 0 Å². The highest BCUT2D eigenvalue weighted by atomic mass is 16.5. The van der Waals surface area contributed by atoms with E-state index in [0.717, 1.165) is 11.1 Å². The van der Waals surface area contributed by atoms with Gasteiger partial charge in [-0.25, -0.2) is 4.79 Å². The van der Waals surface area contributed by atoms with Crippen molar-refractivity contribution in [2.45, 2.75) is 20.8 Å². The molecule has 2 aliphatic rings. The van der Waals surface area contributed by atoms with Crippen LogP contribution in [0.2, 0.25) is 0 Å². The third-order valence-electron chi connectivity index (χ3n) is 2.71. The van der Waals surface area contributed by atoms with Crippen LogP contribution >= 0.6 is 0 Å². The maximum Gasteiger partial charge on any atom is 0.330 e. The highest BCUT2D eigenvalue weighted by molar-refractivity contribution is 5.89. The summed E-state index contributed by atoms with van der Waals surface area (Å²) in [7, 11) is 0. The van der Waals surface area contributed by atoms with Crippen LogP contribution in [-0.2, 0) is 14.3 Å². The molecule has 110 valence electrons. The topological polar surface area (TPSA) is 65.7 Å². The summed E-state index contributed by atoms with van der Waals surface area (Å²) in [6, 6.07) is 5.29. The predicted octanol–water partition coefficient (Wildman–Crippen LogP) is 3.19. The molecule has 1 heterocycles. The molecule has 0 fully saturated rings. The maximum absolute atomic E-state index is 11.4. The molecule has 1 aliphatic heterocycles. The summed E-state index contributed by atoms with van der Waals surface area (Å²) >= 11 is 0. The molecule has 0 saturated heterocycles. The van der Waals surface area contributed by atoms with Crippen molar-refractivity contribution in [3.8, 4) is 16.9 Å². The Morgan fingerprint density at radius 2 is 2.05 bits per heavy atom. The van der Waals surface area contributed by atoms with Gasteiger partial charge in [0.2, 0.25) is 0 Å². The third-order valence-corrected chi connectivity index (χ3v) is 2.71. The van der Waals surface area contributed by atoms with E-state index in [4.69, 9.17) is 13.9 Å². The molecule has 2 rings (SSSR count). The number of ether oxygens (including phenoxy) is 2. The SMILES string of the molecule is CCOC(=O)C=Cc1oc(C)cc2cc(OC(C)=O)cc1-2. The van der Waals surface area contributed by atoms with E-state index >= 15 is 0 Å². The van der Waals surface area contributed by atoms with Gasteiger partial charge in [-0.15, -0.1) is 0 Å². The molecule has 0 atom stereocenters. The van der Waals surface area contributed by atoms with Gasteiger partial charge in [-0.3, -0.25) is 4.79 Å². The second kappa shape index (κ2) is 6.26. The molecule has 0 radical (unpaired) electrons. The number of rotatable bonds is 4. The molecule has 0 amide bonds. The van der Waals surface area contributed by atoms with Crippen LogP contribution in [0.4, 0.5) is 0 Å². The van der Waals surface area contributed by atoms with Gasteiger partial charge in [0.05, 0.1) is 6.61 Å². The fourth-order valence-corrected chi connectivity index (χ4v) is 1.99. The number of carbonyl (C=O) groups is 2. The minimum absolute atomic E-state index is 0.316. The van der Waals surface area contributed by atoms with Gasteiger partial charge >= 0.3 is 11.9 Å². The lowest BCUT2D eigenvalue weighted by atomic mass is 10.1. The molecule has 0 aromatic carbocycles. The molecule has 0 N–H and O–H groups in total. The van der Waals surface area contributed by atoms with Crippen molar-refractivity contribution >= 4 is 18.0 Å². The fourth-order valence-electron chi connectivity index (χ4n) is 1.99. The summed E-state index contributed by atoms with van der Waals surface area (Å²) in [6.07, 6.45) is 2.85. The van der Waals surface area contributed by atoms with Crippen molar-refractivity contribution in [1.29, 1.82) is 0 Å². The lowest BCUT2D eigenvalue weighted by molar-refractivity contribution is -0.137. The van der Waals surface area contributed by atoms with Crippen molar-refractivity contribution in [2.24, 2.45) is 0 Å². The van der Waals surface area contributed by atoms with Crippen molar-refractivity contribution in [2.75, 3.05) is 6.61 Å². The standard InChI is InChI=1S/C16H16O5/c1-4-19-16(18)6-5-15-14-9-13(21-11(3)17)8-12(14)7-10(2)20-15/h5-9H,4H2,1-3H3. The minimum Gasteiger partial charge on any atom is -0.463 e. The zero-order valence-electron chi connectivity index (χ0n) is 12.1. The van der Waals surface area contributed by atoms with E-state index < -0.39 is 5.97 Å². The van der Waals surface area contributed by atoms with Gasteiger partial charge in [-0.2, -0.15) is 0 Å². The minimum atomic E-state index is -0.436. The number of hydrogen-bond donors (Lipinski definition) is 0. The lowest BCUT2D eigenvalue weighted by Gasteiger charge is -2.04. The van der Waals surface area contributed by atoms with Gasteiger partial charge in [0, 0.05) is 18.6 Å². The summed E-state index contributed by atoms with van der Waals surface area (Å²) in [4.78, 5) is 22.4. The number of carbonyl (C=O) groups excluding carboxylic acids is 2. The first kappa shape index (κ1) is 14.8. The molecule has 5 heteroatoms. The van der Waals surface area contributed by atoms with E-state index in [2.05, 4.69) is 0 Å². The molecule has 0 aromatic heterocycles. The molecule has 0 bridgehead atoms. The zero-order valence-corrected chi connectivity index (χ0v) is 12.1. The Morgan fingerprint density at radius 1 is 1.29 bits per heavy atom. The molecular weight excluding hydrogens is 272 g/mol. The summed E-state index contributed by atoms with van der Waals surface area (Å²) in [5.74, 6) is 0.822. The Hall–Kier alpha value is -2.56. The Balaban J connectivity index is 2.37. The van der Waals surface area contributed by atoms with E-state index in [1.807, 2.05) is 6.07 Å². The smallest absolute Gasteiger partial charge is 0.330 e. The van der Waals surface area contributed by atoms with Gasteiger partial charge in [0.15, 0.2) is 0 Å². The fraction of sp³-hybridized carbons (Fsp3) is 0.250. The van der Waals surface area contributed by atoms with Crippen LogP contribution in [0.1, 0.15) is 25.4 Å². The molecule has 5 nitrogen and oxygen atoms in total. The average Bonchev–Trinajstić information content (AvgIpc) is 2.77. The summed E-state index contributed by atoms with van der Waals surface area (Å²) in [6.45, 7) is 5.20. The molecular formula is C16H16O5. The Labute approximate surface area is 122 Å². The highest BCUT2D eigenvalue weighted by Crippen LogP contribution is 2.35. The van der Waals surface area contributed by atoms with E-state index in [0.29, 0.717) is 23.9 Å². The van der Waals surface area contributed by atoms with Crippen LogP contribution in [0.15, 0.2) is 28.7 Å². The van der Waals surface area contributed by atoms with Crippen molar-refractivity contribution < 1.29 is 23.5 Å². The number of hydrogen-bond acceptors (Lipinski definition) is 5. The van der Waals surface area contributed by atoms with Crippen LogP contribution < -0.4 is 4.74 Å². The average molecular weight is 288 g/mol. The summed E-state index contributed by atoms with van der Waals surface area (Å²) in [5, 5.41) is 0. The van der Waals surface area contributed by atoms with Crippen LogP contribution in [0.25, 0.3) is 17.2 Å². The predicted molar refractivity (Wildman–Crippen MR) is 77.0 cm³/mol. The number of aryl methyl sites for hydroxylation is 1. The monoisotopic (exact) mass is 288 g/mol. The summed E-state index contributed by atoms with van der Waals surface area (Å²) in [5.41, 5.74) is 1.64. The quantitative estimate of drug-likeness (QED) is 0.638. The Bertz CT molecular complexity index is 666. The van der Waals surface area contributed by atoms with Crippen LogP contribution in [0, 0.1) is 6.92 Å². The number of esters is 2. The van der Waals surface area contributed by atoms with E-state index in [1.54, 1.807) is 32.1 Å². The van der Waals surface area contributed by atoms with Crippen molar-refractivity contribution in [3.05, 3.63) is 35.8 Å². The Kier molecular flexibility index (Phi) is 4.42. The van der Waals surface area contributed by atoms with Gasteiger partial charge in [0.25, 0.3) is 0 Å². The largest absolute Gasteiger partial charge is 0.463 e. The normalized spacial score (nSPS) is 11.0. The zero-order chi connectivity index (χ0) is 15.4. The van der Waals surface area contributed by atoms with Crippen LogP contribution in [-0.4, -0.2) is 18.5 Å². The van der Waals surface area contributed by atoms with Gasteiger partial charge in [0.1, 0.15) is 17.3 Å². The first-order chi connectivity index (χ1) is 9.99. The van der Waals surface area contributed by atoms with Crippen LogP contribution in [0.5, 0.6) is 5.75 Å². The third kappa shape index (κ3) is 3.72.